The van der Waals surface area contributed by atoms with Gasteiger partial charge in [0, 0.05) is 0 Å². The average molecular weight is 120 g/mol. The van der Waals surface area contributed by atoms with Crippen molar-refractivity contribution in [3.63, 3.8) is 0 Å². The summed E-state index contributed by atoms with van der Waals surface area (Å²) in [5, 5.41) is 0. The monoisotopic (exact) mass is 120 g/mol. The van der Waals surface area contributed by atoms with Gasteiger partial charge < -0.3 is 4.42 Å². The van der Waals surface area contributed by atoms with Crippen molar-refractivity contribution >= 4 is 11.2 Å². The van der Waals surface area contributed by atoms with E-state index in [0.717, 1.165) is 0 Å². The van der Waals surface area contributed by atoms with Gasteiger partial charge in [-0.3, -0.25) is 0 Å². The van der Waals surface area contributed by atoms with Crippen LogP contribution in [0.2, 0.25) is 0 Å². The largest absolute Gasteiger partial charge is 0.440 e. The van der Waals surface area contributed by atoms with E-state index < -0.39 is 0 Å². The standard InChI is InChI=1S/C5H2N3O/c1-4-5(7-2-6-1)8-3-9-4/h1,3H. The molecule has 0 aliphatic heterocycles. The number of aromatic nitrogens is 3. The van der Waals surface area contributed by atoms with Crippen molar-refractivity contribution in [3.8, 4) is 0 Å². The summed E-state index contributed by atoms with van der Waals surface area (Å²) in [5.41, 5.74) is 1.14. The van der Waals surface area contributed by atoms with Crippen molar-refractivity contribution in [2.75, 3.05) is 0 Å². The van der Waals surface area contributed by atoms with E-state index in [4.69, 9.17) is 4.42 Å². The SMILES string of the molecule is [c]1ncc2ocnc2n1. The molecule has 4 nitrogen and oxygen atoms in total. The molecule has 4 heteroatoms. The molecule has 2 rings (SSSR count). The minimum atomic E-state index is 0.546. The van der Waals surface area contributed by atoms with Crippen molar-refractivity contribution in [2.24, 2.45) is 0 Å². The fourth-order valence-electron chi connectivity index (χ4n) is 0.585. The van der Waals surface area contributed by atoms with Gasteiger partial charge in [-0.1, -0.05) is 0 Å². The maximum atomic E-state index is 4.86. The third kappa shape index (κ3) is 0.561. The molecule has 2 heterocycles. The van der Waals surface area contributed by atoms with Gasteiger partial charge in [0.1, 0.15) is 0 Å². The summed E-state index contributed by atoms with van der Waals surface area (Å²) < 4.78 is 4.86. The van der Waals surface area contributed by atoms with E-state index in [9.17, 15) is 0 Å². The van der Waals surface area contributed by atoms with Crippen LogP contribution in [0.15, 0.2) is 17.0 Å². The van der Waals surface area contributed by atoms with E-state index in [1.165, 1.54) is 12.6 Å². The van der Waals surface area contributed by atoms with Crippen LogP contribution < -0.4 is 0 Å². The smallest absolute Gasteiger partial charge is 0.202 e. The highest BCUT2D eigenvalue weighted by Gasteiger charge is 1.94. The molecule has 0 amide bonds. The van der Waals surface area contributed by atoms with Crippen LogP contribution in [0.1, 0.15) is 0 Å². The number of hydrogen-bond acceptors (Lipinski definition) is 4. The van der Waals surface area contributed by atoms with E-state index in [0.29, 0.717) is 11.2 Å². The molecule has 0 fully saturated rings. The molecule has 0 aliphatic carbocycles. The Hall–Kier alpha value is -1.45. The Morgan fingerprint density at radius 2 is 2.56 bits per heavy atom. The van der Waals surface area contributed by atoms with Crippen molar-refractivity contribution in [2.45, 2.75) is 0 Å². The summed E-state index contributed by atoms with van der Waals surface area (Å²) in [6, 6.07) is 0. The van der Waals surface area contributed by atoms with Crippen LogP contribution in [0.25, 0.3) is 11.2 Å². The maximum Gasteiger partial charge on any atom is 0.202 e. The average Bonchev–Trinajstić information content (AvgIpc) is 2.33. The first-order valence-corrected chi connectivity index (χ1v) is 2.39. The molecule has 0 aliphatic rings. The lowest BCUT2D eigenvalue weighted by atomic mass is 10.6. The van der Waals surface area contributed by atoms with Gasteiger partial charge in [-0.05, 0) is 0 Å². The molecule has 0 spiro atoms. The van der Waals surface area contributed by atoms with Crippen LogP contribution in [0.3, 0.4) is 0 Å². The van der Waals surface area contributed by atoms with E-state index in [-0.39, 0.29) is 0 Å². The lowest BCUT2D eigenvalue weighted by molar-refractivity contribution is 0.600. The topological polar surface area (TPSA) is 51.8 Å². The van der Waals surface area contributed by atoms with Gasteiger partial charge in [-0.25, -0.2) is 9.97 Å². The maximum absolute atomic E-state index is 4.86. The quantitative estimate of drug-likeness (QED) is 0.505. The summed E-state index contributed by atoms with van der Waals surface area (Å²) in [4.78, 5) is 11.1. The van der Waals surface area contributed by atoms with Crippen molar-refractivity contribution in [1.29, 1.82) is 0 Å². The highest BCUT2D eigenvalue weighted by Crippen LogP contribution is 2.03. The Balaban J connectivity index is 2.95. The minimum absolute atomic E-state index is 0.546. The molecule has 9 heavy (non-hydrogen) atoms. The molecule has 0 N–H and O–H groups in total. The number of oxazole rings is 1. The first kappa shape index (κ1) is 4.43. The van der Waals surface area contributed by atoms with Crippen LogP contribution in [0, 0.1) is 6.33 Å². The number of nitrogens with zero attached hydrogens (tertiary/aromatic N) is 3. The molecule has 0 unspecified atom stereocenters. The Morgan fingerprint density at radius 1 is 1.56 bits per heavy atom. The summed E-state index contributed by atoms with van der Waals surface area (Å²) in [6.45, 7) is 0. The first-order chi connectivity index (χ1) is 4.47. The lowest BCUT2D eigenvalue weighted by Gasteiger charge is -1.77. The predicted molar refractivity (Wildman–Crippen MR) is 28.4 cm³/mol. The second-order valence-corrected chi connectivity index (χ2v) is 1.51. The molecular formula is C5H2N3O. The zero-order valence-corrected chi connectivity index (χ0v) is 4.40. The summed E-state index contributed by atoms with van der Waals surface area (Å²) in [6.07, 6.45) is 5.25. The molecule has 0 saturated carbocycles. The number of rotatable bonds is 0. The molecule has 2 aromatic rings. The third-order valence-electron chi connectivity index (χ3n) is 0.970. The fraction of sp³-hybridized carbons (Fsp3) is 0. The fourth-order valence-corrected chi connectivity index (χ4v) is 0.585. The van der Waals surface area contributed by atoms with E-state index in [1.807, 2.05) is 0 Å². The molecule has 0 saturated heterocycles. The van der Waals surface area contributed by atoms with Crippen molar-refractivity contribution in [3.05, 3.63) is 18.9 Å². The van der Waals surface area contributed by atoms with E-state index in [2.05, 4.69) is 21.3 Å². The van der Waals surface area contributed by atoms with Crippen molar-refractivity contribution in [1.82, 2.24) is 15.0 Å². The van der Waals surface area contributed by atoms with Gasteiger partial charge in [-0.15, -0.1) is 0 Å². The highest BCUT2D eigenvalue weighted by atomic mass is 16.3. The van der Waals surface area contributed by atoms with E-state index in [1.54, 1.807) is 0 Å². The summed E-state index contributed by atoms with van der Waals surface area (Å²) in [5.74, 6) is 0. The zero-order chi connectivity index (χ0) is 6.10. The molecule has 0 aromatic carbocycles. The Bertz CT molecular complexity index is 286. The van der Waals surface area contributed by atoms with Crippen LogP contribution in [0.5, 0.6) is 0 Å². The van der Waals surface area contributed by atoms with Crippen LogP contribution in [-0.4, -0.2) is 15.0 Å². The number of hydrogen-bond donors (Lipinski definition) is 0. The van der Waals surface area contributed by atoms with Crippen LogP contribution in [-0.2, 0) is 0 Å². The third-order valence-corrected chi connectivity index (χ3v) is 0.970. The Labute approximate surface area is 50.6 Å². The highest BCUT2D eigenvalue weighted by molar-refractivity contribution is 5.64. The molecule has 2 aromatic heterocycles. The second-order valence-electron chi connectivity index (χ2n) is 1.51. The minimum Gasteiger partial charge on any atom is -0.440 e. The van der Waals surface area contributed by atoms with Gasteiger partial charge in [-0.2, -0.15) is 4.98 Å². The van der Waals surface area contributed by atoms with E-state index >= 15 is 0 Å². The van der Waals surface area contributed by atoms with Gasteiger partial charge in [0.15, 0.2) is 18.3 Å². The van der Waals surface area contributed by atoms with Gasteiger partial charge in [0.2, 0.25) is 5.65 Å². The number of fused-ring (bicyclic) bond motifs is 1. The van der Waals surface area contributed by atoms with Gasteiger partial charge >= 0.3 is 0 Å². The Morgan fingerprint density at radius 3 is 3.44 bits per heavy atom. The van der Waals surface area contributed by atoms with Gasteiger partial charge in [0.05, 0.1) is 6.20 Å². The predicted octanol–water partition coefficient (Wildman–Crippen LogP) is 0.418. The molecule has 1 radical (unpaired) electrons. The van der Waals surface area contributed by atoms with Crippen LogP contribution in [0.4, 0.5) is 0 Å². The molecule has 43 valence electrons. The van der Waals surface area contributed by atoms with Crippen molar-refractivity contribution < 1.29 is 4.42 Å². The molecule has 0 bridgehead atoms. The summed E-state index contributed by atoms with van der Waals surface area (Å²) >= 11 is 0. The summed E-state index contributed by atoms with van der Waals surface area (Å²) in [7, 11) is 0. The van der Waals surface area contributed by atoms with Gasteiger partial charge in [0.25, 0.3) is 0 Å². The first-order valence-electron chi connectivity index (χ1n) is 2.39. The molecule has 0 atom stereocenters. The normalized spacial score (nSPS) is 10.2. The van der Waals surface area contributed by atoms with Crippen LogP contribution >= 0.6 is 0 Å². The lowest BCUT2D eigenvalue weighted by Crippen LogP contribution is -1.76. The second kappa shape index (κ2) is 1.51. The molecular weight excluding hydrogens is 118 g/mol. The Kier molecular flexibility index (Phi) is 0.745. The zero-order valence-electron chi connectivity index (χ0n) is 4.40.